The molecule has 0 amide bonds. The summed E-state index contributed by atoms with van der Waals surface area (Å²) in [5.41, 5.74) is 1.62. The second kappa shape index (κ2) is 3.97. The third-order valence-corrected chi connectivity index (χ3v) is 1.92. The zero-order valence-electron chi connectivity index (χ0n) is 7.54. The SMILES string of the molecule is OCc1cncn1Cc1cccnn1. The van der Waals surface area contributed by atoms with E-state index in [0.717, 1.165) is 11.4 Å². The largest absolute Gasteiger partial charge is 0.390 e. The summed E-state index contributed by atoms with van der Waals surface area (Å²) in [5, 5.41) is 16.7. The first kappa shape index (κ1) is 8.83. The number of aromatic nitrogens is 4. The normalized spacial score (nSPS) is 10.4. The summed E-state index contributed by atoms with van der Waals surface area (Å²) >= 11 is 0. The fraction of sp³-hybridized carbons (Fsp3) is 0.222. The van der Waals surface area contributed by atoms with Gasteiger partial charge < -0.3 is 9.67 Å². The Morgan fingerprint density at radius 1 is 1.43 bits per heavy atom. The van der Waals surface area contributed by atoms with E-state index in [4.69, 9.17) is 5.11 Å². The molecule has 0 fully saturated rings. The van der Waals surface area contributed by atoms with Crippen LogP contribution in [0.5, 0.6) is 0 Å². The summed E-state index contributed by atoms with van der Waals surface area (Å²) in [6.45, 7) is 0.573. The molecule has 14 heavy (non-hydrogen) atoms. The van der Waals surface area contributed by atoms with Crippen molar-refractivity contribution in [3.8, 4) is 0 Å². The van der Waals surface area contributed by atoms with Crippen LogP contribution in [0.4, 0.5) is 0 Å². The summed E-state index contributed by atoms with van der Waals surface area (Å²) < 4.78 is 1.84. The van der Waals surface area contributed by atoms with E-state index in [1.54, 1.807) is 18.7 Å². The Morgan fingerprint density at radius 2 is 2.36 bits per heavy atom. The number of imidazole rings is 1. The first-order valence-electron chi connectivity index (χ1n) is 4.26. The van der Waals surface area contributed by atoms with Crippen molar-refractivity contribution in [2.75, 3.05) is 0 Å². The number of rotatable bonds is 3. The lowest BCUT2D eigenvalue weighted by Gasteiger charge is -2.03. The lowest BCUT2D eigenvalue weighted by Crippen LogP contribution is -2.04. The summed E-state index contributed by atoms with van der Waals surface area (Å²) in [4.78, 5) is 3.94. The highest BCUT2D eigenvalue weighted by molar-refractivity contribution is 5.04. The highest BCUT2D eigenvalue weighted by Crippen LogP contribution is 2.02. The van der Waals surface area contributed by atoms with E-state index in [1.165, 1.54) is 0 Å². The molecular weight excluding hydrogens is 180 g/mol. The molecule has 2 rings (SSSR count). The molecule has 0 aliphatic rings. The Labute approximate surface area is 81.1 Å². The van der Waals surface area contributed by atoms with Crippen LogP contribution in [-0.4, -0.2) is 24.9 Å². The zero-order chi connectivity index (χ0) is 9.80. The lowest BCUT2D eigenvalue weighted by atomic mass is 10.4. The lowest BCUT2D eigenvalue weighted by molar-refractivity contribution is 0.271. The molecule has 2 heterocycles. The van der Waals surface area contributed by atoms with Gasteiger partial charge in [0, 0.05) is 6.20 Å². The molecule has 0 radical (unpaired) electrons. The van der Waals surface area contributed by atoms with E-state index in [0.29, 0.717) is 6.54 Å². The van der Waals surface area contributed by atoms with Gasteiger partial charge >= 0.3 is 0 Å². The van der Waals surface area contributed by atoms with Gasteiger partial charge in [-0.1, -0.05) is 0 Å². The maximum Gasteiger partial charge on any atom is 0.0952 e. The molecule has 0 aliphatic heterocycles. The van der Waals surface area contributed by atoms with Gasteiger partial charge in [0.25, 0.3) is 0 Å². The predicted octanol–water partition coefficient (Wildman–Crippen LogP) is 0.214. The van der Waals surface area contributed by atoms with Gasteiger partial charge in [-0.15, -0.1) is 0 Å². The third-order valence-electron chi connectivity index (χ3n) is 1.92. The van der Waals surface area contributed by atoms with E-state index in [1.807, 2.05) is 16.7 Å². The van der Waals surface area contributed by atoms with Gasteiger partial charge in [-0.05, 0) is 12.1 Å². The van der Waals surface area contributed by atoms with Crippen molar-refractivity contribution >= 4 is 0 Å². The van der Waals surface area contributed by atoms with Crippen LogP contribution in [0.1, 0.15) is 11.4 Å². The van der Waals surface area contributed by atoms with Crippen molar-refractivity contribution in [1.82, 2.24) is 19.7 Å². The number of aliphatic hydroxyl groups is 1. The number of hydrogen-bond acceptors (Lipinski definition) is 4. The monoisotopic (exact) mass is 190 g/mol. The van der Waals surface area contributed by atoms with Gasteiger partial charge in [-0.3, -0.25) is 0 Å². The second-order valence-corrected chi connectivity index (χ2v) is 2.89. The molecule has 0 saturated heterocycles. The van der Waals surface area contributed by atoms with Crippen molar-refractivity contribution in [3.05, 3.63) is 42.2 Å². The van der Waals surface area contributed by atoms with Crippen molar-refractivity contribution in [3.63, 3.8) is 0 Å². The van der Waals surface area contributed by atoms with Gasteiger partial charge in [0.15, 0.2) is 0 Å². The molecule has 0 aliphatic carbocycles. The van der Waals surface area contributed by atoms with Crippen molar-refractivity contribution in [1.29, 1.82) is 0 Å². The van der Waals surface area contributed by atoms with Gasteiger partial charge in [0.1, 0.15) is 0 Å². The van der Waals surface area contributed by atoms with Crippen molar-refractivity contribution in [2.45, 2.75) is 13.2 Å². The average molecular weight is 190 g/mol. The number of hydrogen-bond donors (Lipinski definition) is 1. The Kier molecular flexibility index (Phi) is 2.51. The first-order valence-corrected chi connectivity index (χ1v) is 4.26. The Morgan fingerprint density at radius 3 is 3.07 bits per heavy atom. The van der Waals surface area contributed by atoms with Crippen LogP contribution in [0, 0.1) is 0 Å². The highest BCUT2D eigenvalue weighted by atomic mass is 16.3. The molecule has 5 heteroatoms. The van der Waals surface area contributed by atoms with E-state index in [-0.39, 0.29) is 6.61 Å². The average Bonchev–Trinajstić information content (AvgIpc) is 2.67. The van der Waals surface area contributed by atoms with Crippen LogP contribution in [0.15, 0.2) is 30.9 Å². The molecule has 72 valence electrons. The molecule has 0 saturated carbocycles. The third kappa shape index (κ3) is 1.77. The Bertz CT molecular complexity index is 398. The molecular formula is C9H10N4O. The van der Waals surface area contributed by atoms with Crippen molar-refractivity contribution in [2.24, 2.45) is 0 Å². The quantitative estimate of drug-likeness (QED) is 0.751. The topological polar surface area (TPSA) is 63.8 Å². The van der Waals surface area contributed by atoms with Crippen LogP contribution >= 0.6 is 0 Å². The summed E-state index contributed by atoms with van der Waals surface area (Å²) in [6.07, 6.45) is 4.93. The minimum absolute atomic E-state index is 0.0136. The number of nitrogens with zero attached hydrogens (tertiary/aromatic N) is 4. The van der Waals surface area contributed by atoms with Crippen molar-refractivity contribution < 1.29 is 5.11 Å². The van der Waals surface area contributed by atoms with Gasteiger partial charge in [0.05, 0.1) is 37.1 Å². The Hall–Kier alpha value is -1.75. The van der Waals surface area contributed by atoms with Crippen LogP contribution in [0.25, 0.3) is 0 Å². The fourth-order valence-electron chi connectivity index (χ4n) is 1.21. The maximum absolute atomic E-state index is 8.99. The maximum atomic E-state index is 8.99. The minimum atomic E-state index is -0.0136. The minimum Gasteiger partial charge on any atom is -0.390 e. The van der Waals surface area contributed by atoms with Crippen LogP contribution < -0.4 is 0 Å². The first-order chi connectivity index (χ1) is 6.90. The molecule has 0 unspecified atom stereocenters. The zero-order valence-corrected chi connectivity index (χ0v) is 7.54. The highest BCUT2D eigenvalue weighted by Gasteiger charge is 2.01. The number of aliphatic hydroxyl groups excluding tert-OH is 1. The smallest absolute Gasteiger partial charge is 0.0952 e. The van der Waals surface area contributed by atoms with Gasteiger partial charge in [-0.25, -0.2) is 4.98 Å². The van der Waals surface area contributed by atoms with E-state index < -0.39 is 0 Å². The summed E-state index contributed by atoms with van der Waals surface area (Å²) in [7, 11) is 0. The van der Waals surface area contributed by atoms with E-state index >= 15 is 0 Å². The standard InChI is InChI=1S/C9H10N4O/c14-6-9-4-10-7-13(9)5-8-2-1-3-11-12-8/h1-4,7,14H,5-6H2. The molecule has 2 aromatic rings. The molecule has 5 nitrogen and oxygen atoms in total. The summed E-state index contributed by atoms with van der Waals surface area (Å²) in [5.74, 6) is 0. The fourth-order valence-corrected chi connectivity index (χ4v) is 1.21. The second-order valence-electron chi connectivity index (χ2n) is 2.89. The van der Waals surface area contributed by atoms with Crippen LogP contribution in [0.2, 0.25) is 0 Å². The van der Waals surface area contributed by atoms with E-state index in [2.05, 4.69) is 15.2 Å². The molecule has 2 aromatic heterocycles. The van der Waals surface area contributed by atoms with Gasteiger partial charge in [0.2, 0.25) is 0 Å². The predicted molar refractivity (Wildman–Crippen MR) is 49.3 cm³/mol. The molecule has 0 atom stereocenters. The molecule has 0 spiro atoms. The molecule has 1 N–H and O–H groups in total. The van der Waals surface area contributed by atoms with E-state index in [9.17, 15) is 0 Å². The summed E-state index contributed by atoms with van der Waals surface area (Å²) in [6, 6.07) is 3.71. The van der Waals surface area contributed by atoms with Crippen LogP contribution in [-0.2, 0) is 13.2 Å². The molecule has 0 aromatic carbocycles. The van der Waals surface area contributed by atoms with Gasteiger partial charge in [-0.2, -0.15) is 10.2 Å². The Balaban J connectivity index is 2.19. The molecule has 0 bridgehead atoms. The van der Waals surface area contributed by atoms with Crippen LogP contribution in [0.3, 0.4) is 0 Å².